The molecule has 3 nitrogen and oxygen atoms in total. The van der Waals surface area contributed by atoms with Crippen LogP contribution < -0.4 is 4.74 Å². The Balaban J connectivity index is 2.07. The molecule has 0 spiro atoms. The minimum Gasteiger partial charge on any atom is -0.420 e. The minimum atomic E-state index is 0.591. The van der Waals surface area contributed by atoms with E-state index in [0.717, 1.165) is 12.0 Å². The van der Waals surface area contributed by atoms with Gasteiger partial charge in [0.15, 0.2) is 0 Å². The van der Waals surface area contributed by atoms with Gasteiger partial charge in [0.25, 0.3) is 0 Å². The summed E-state index contributed by atoms with van der Waals surface area (Å²) in [5, 5.41) is 0. The van der Waals surface area contributed by atoms with Crippen molar-refractivity contribution in [2.24, 2.45) is 0 Å². The second kappa shape index (κ2) is 6.74. The lowest BCUT2D eigenvalue weighted by Gasteiger charge is -2.08. The summed E-state index contributed by atoms with van der Waals surface area (Å²) in [6.45, 7) is 2.20. The molecule has 0 saturated carbocycles. The maximum absolute atomic E-state index is 5.72. The Morgan fingerprint density at radius 1 is 1.00 bits per heavy atom. The van der Waals surface area contributed by atoms with E-state index < -0.39 is 0 Å². The number of unbranched alkanes of at least 4 members (excludes halogenated alkanes) is 2. The molecule has 0 aliphatic rings. The second-order valence-corrected chi connectivity index (χ2v) is 4.19. The van der Waals surface area contributed by atoms with Crippen LogP contribution >= 0.6 is 0 Å². The van der Waals surface area contributed by atoms with Crippen LogP contribution in [0.25, 0.3) is 0 Å². The molecule has 0 aliphatic carbocycles. The third-order valence-electron chi connectivity index (χ3n) is 2.74. The van der Waals surface area contributed by atoms with Gasteiger partial charge in [-0.05, 0) is 25.0 Å². The zero-order chi connectivity index (χ0) is 12.6. The molecule has 94 valence electrons. The van der Waals surface area contributed by atoms with Crippen molar-refractivity contribution in [3.63, 3.8) is 0 Å². The van der Waals surface area contributed by atoms with Gasteiger partial charge in [-0.2, -0.15) is 0 Å². The van der Waals surface area contributed by atoms with Gasteiger partial charge >= 0.3 is 0 Å². The summed E-state index contributed by atoms with van der Waals surface area (Å²) in [6.07, 6.45) is 8.09. The number of rotatable bonds is 6. The molecule has 0 radical (unpaired) electrons. The largest absolute Gasteiger partial charge is 0.420 e. The van der Waals surface area contributed by atoms with E-state index in [0.29, 0.717) is 11.8 Å². The molecule has 0 unspecified atom stereocenters. The van der Waals surface area contributed by atoms with Crippen molar-refractivity contribution in [3.05, 3.63) is 48.3 Å². The Bertz CT molecular complexity index is 471. The first kappa shape index (κ1) is 12.6. The van der Waals surface area contributed by atoms with E-state index in [-0.39, 0.29) is 0 Å². The van der Waals surface area contributed by atoms with Crippen molar-refractivity contribution in [2.45, 2.75) is 32.6 Å². The van der Waals surface area contributed by atoms with Crippen LogP contribution in [0.2, 0.25) is 0 Å². The summed E-state index contributed by atoms with van der Waals surface area (Å²) in [5.41, 5.74) is 1.15. The summed E-state index contributed by atoms with van der Waals surface area (Å²) < 4.78 is 5.72. The van der Waals surface area contributed by atoms with Crippen LogP contribution in [0.15, 0.2) is 42.7 Å². The fourth-order valence-corrected chi connectivity index (χ4v) is 1.78. The van der Waals surface area contributed by atoms with Crippen molar-refractivity contribution in [1.82, 2.24) is 9.97 Å². The van der Waals surface area contributed by atoms with Crippen LogP contribution in [0.5, 0.6) is 11.8 Å². The molecule has 2 aromatic heterocycles. The van der Waals surface area contributed by atoms with E-state index in [1.54, 1.807) is 12.4 Å². The molecule has 0 atom stereocenters. The average molecular weight is 242 g/mol. The number of aryl methyl sites for hydroxylation is 1. The minimum absolute atomic E-state index is 0.591. The van der Waals surface area contributed by atoms with Gasteiger partial charge in [0.2, 0.25) is 11.8 Å². The Labute approximate surface area is 108 Å². The first-order valence-corrected chi connectivity index (χ1v) is 6.43. The van der Waals surface area contributed by atoms with Gasteiger partial charge in [-0.3, -0.25) is 0 Å². The molecule has 0 fully saturated rings. The van der Waals surface area contributed by atoms with Gasteiger partial charge < -0.3 is 4.74 Å². The van der Waals surface area contributed by atoms with Crippen LogP contribution in [-0.4, -0.2) is 9.97 Å². The second-order valence-electron chi connectivity index (χ2n) is 4.19. The smallest absolute Gasteiger partial charge is 0.224 e. The topological polar surface area (TPSA) is 35.0 Å². The molecule has 18 heavy (non-hydrogen) atoms. The van der Waals surface area contributed by atoms with Crippen LogP contribution in [-0.2, 0) is 6.42 Å². The summed E-state index contributed by atoms with van der Waals surface area (Å²) in [5.74, 6) is 1.26. The van der Waals surface area contributed by atoms with Crippen LogP contribution in [0, 0.1) is 0 Å². The lowest BCUT2D eigenvalue weighted by Crippen LogP contribution is -1.96. The van der Waals surface area contributed by atoms with Crippen molar-refractivity contribution < 1.29 is 4.74 Å². The maximum atomic E-state index is 5.72. The van der Waals surface area contributed by atoms with Gasteiger partial charge in [-0.1, -0.05) is 31.9 Å². The summed E-state index contributed by atoms with van der Waals surface area (Å²) in [7, 11) is 0. The van der Waals surface area contributed by atoms with Crippen LogP contribution in [0.3, 0.4) is 0 Å². The molecular formula is C15H18N2O. The summed E-state index contributed by atoms with van der Waals surface area (Å²) in [4.78, 5) is 8.44. The highest BCUT2D eigenvalue weighted by Crippen LogP contribution is 2.22. The highest BCUT2D eigenvalue weighted by Gasteiger charge is 2.06. The molecule has 0 aromatic carbocycles. The van der Waals surface area contributed by atoms with E-state index in [1.807, 2.05) is 24.3 Å². The zero-order valence-electron chi connectivity index (χ0n) is 10.7. The molecule has 2 rings (SSSR count). The van der Waals surface area contributed by atoms with Crippen molar-refractivity contribution in [1.29, 1.82) is 0 Å². The standard InChI is InChI=1S/C15H18N2O/c1-2-3-4-8-13-9-7-12-17-15(13)18-14-10-5-6-11-16-14/h5-7,9-12H,2-4,8H2,1H3. The van der Waals surface area contributed by atoms with Crippen LogP contribution in [0.4, 0.5) is 0 Å². The Morgan fingerprint density at radius 2 is 1.89 bits per heavy atom. The number of aromatic nitrogens is 2. The van der Waals surface area contributed by atoms with Gasteiger partial charge in [-0.15, -0.1) is 0 Å². The van der Waals surface area contributed by atoms with Crippen molar-refractivity contribution in [3.8, 4) is 11.8 Å². The van der Waals surface area contributed by atoms with E-state index in [4.69, 9.17) is 4.74 Å². The molecule has 2 heterocycles. The quantitative estimate of drug-likeness (QED) is 0.718. The van der Waals surface area contributed by atoms with Gasteiger partial charge in [0.1, 0.15) is 0 Å². The molecule has 3 heteroatoms. The summed E-state index contributed by atoms with van der Waals surface area (Å²) >= 11 is 0. The predicted octanol–water partition coefficient (Wildman–Crippen LogP) is 4.00. The van der Waals surface area contributed by atoms with E-state index in [2.05, 4.69) is 23.0 Å². The fraction of sp³-hybridized carbons (Fsp3) is 0.333. The number of pyridine rings is 2. The highest BCUT2D eigenvalue weighted by atomic mass is 16.5. The summed E-state index contributed by atoms with van der Waals surface area (Å²) in [6, 6.07) is 9.63. The molecule has 0 bridgehead atoms. The predicted molar refractivity (Wildman–Crippen MR) is 71.8 cm³/mol. The molecule has 0 saturated heterocycles. The van der Waals surface area contributed by atoms with Gasteiger partial charge in [-0.25, -0.2) is 9.97 Å². The number of hydrogen-bond acceptors (Lipinski definition) is 3. The van der Waals surface area contributed by atoms with Crippen molar-refractivity contribution in [2.75, 3.05) is 0 Å². The first-order valence-electron chi connectivity index (χ1n) is 6.43. The van der Waals surface area contributed by atoms with E-state index >= 15 is 0 Å². The van der Waals surface area contributed by atoms with Gasteiger partial charge in [0.05, 0.1) is 0 Å². The van der Waals surface area contributed by atoms with Gasteiger partial charge in [0, 0.05) is 24.0 Å². The van der Waals surface area contributed by atoms with Crippen molar-refractivity contribution >= 4 is 0 Å². The number of hydrogen-bond donors (Lipinski definition) is 0. The highest BCUT2D eigenvalue weighted by molar-refractivity contribution is 5.29. The maximum Gasteiger partial charge on any atom is 0.224 e. The SMILES string of the molecule is CCCCCc1cccnc1Oc1ccccn1. The Kier molecular flexibility index (Phi) is 4.70. The third kappa shape index (κ3) is 3.55. The first-order chi connectivity index (χ1) is 8.90. The molecule has 0 aliphatic heterocycles. The molecular weight excluding hydrogens is 224 g/mol. The monoisotopic (exact) mass is 242 g/mol. The third-order valence-corrected chi connectivity index (χ3v) is 2.74. The molecule has 0 N–H and O–H groups in total. The number of nitrogens with zero attached hydrogens (tertiary/aromatic N) is 2. The Hall–Kier alpha value is -1.90. The Morgan fingerprint density at radius 3 is 2.67 bits per heavy atom. The molecule has 2 aromatic rings. The zero-order valence-corrected chi connectivity index (χ0v) is 10.7. The lowest BCUT2D eigenvalue weighted by atomic mass is 10.1. The normalized spacial score (nSPS) is 10.3. The lowest BCUT2D eigenvalue weighted by molar-refractivity contribution is 0.437. The van der Waals surface area contributed by atoms with E-state index in [1.165, 1.54) is 19.3 Å². The fourth-order valence-electron chi connectivity index (χ4n) is 1.78. The van der Waals surface area contributed by atoms with Crippen LogP contribution in [0.1, 0.15) is 31.7 Å². The average Bonchev–Trinajstić information content (AvgIpc) is 2.42. The molecule has 0 amide bonds. The number of ether oxygens (including phenoxy) is 1. The van der Waals surface area contributed by atoms with E-state index in [9.17, 15) is 0 Å².